The van der Waals surface area contributed by atoms with Gasteiger partial charge in [-0.2, -0.15) is 0 Å². The average Bonchev–Trinajstić information content (AvgIpc) is 2.26. The van der Waals surface area contributed by atoms with E-state index in [4.69, 9.17) is 0 Å². The van der Waals surface area contributed by atoms with Gasteiger partial charge in [0.1, 0.15) is 0 Å². The Labute approximate surface area is 475 Å². The van der Waals surface area contributed by atoms with Gasteiger partial charge in [0.05, 0.1) is 0 Å². The summed E-state index contributed by atoms with van der Waals surface area (Å²) in [6.45, 7) is 0. The molecule has 0 aliphatic carbocycles. The van der Waals surface area contributed by atoms with Gasteiger partial charge in [-0.1, -0.05) is 279 Å². The van der Waals surface area contributed by atoms with Gasteiger partial charge in [-0.25, -0.2) is 0 Å². The second-order valence-corrected chi connectivity index (χ2v) is 22.3. The van der Waals surface area contributed by atoms with E-state index in [9.17, 15) is 0 Å². The molecule has 378 valence electrons. The first-order valence-corrected chi connectivity index (χ1v) is 28.5. The predicted molar refractivity (Wildman–Crippen MR) is 352 cm³/mol. The minimum Gasteiger partial charge on any atom is -0.0616 e. The Balaban J connectivity index is 0.666. The number of benzene rings is 17. The Kier molecular flexibility index (Phi) is 10.4. The summed E-state index contributed by atoms with van der Waals surface area (Å²) < 4.78 is 0. The lowest BCUT2D eigenvalue weighted by atomic mass is 9.86. The molecule has 0 bridgehead atoms. The van der Waals surface area contributed by atoms with Crippen LogP contribution in [0.4, 0.5) is 0 Å². The third kappa shape index (κ3) is 7.53. The number of rotatable bonds is 8. The predicted octanol–water partition coefficient (Wildman–Crippen LogP) is 23.1. The number of hydrogen-bond acceptors (Lipinski definition) is 0. The van der Waals surface area contributed by atoms with Crippen LogP contribution >= 0.6 is 0 Å². The van der Waals surface area contributed by atoms with Crippen molar-refractivity contribution in [3.8, 4) is 89.0 Å². The maximum Gasteiger partial charge on any atom is -0.00203 e. The van der Waals surface area contributed by atoms with Gasteiger partial charge >= 0.3 is 0 Å². The van der Waals surface area contributed by atoms with Crippen LogP contribution in [0.15, 0.2) is 303 Å². The molecule has 0 unspecified atom stereocenters. The van der Waals surface area contributed by atoms with Crippen molar-refractivity contribution in [3.05, 3.63) is 303 Å². The number of hydrogen-bond donors (Lipinski definition) is 0. The van der Waals surface area contributed by atoms with Gasteiger partial charge in [0.15, 0.2) is 0 Å². The first-order valence-electron chi connectivity index (χ1n) is 28.5. The van der Waals surface area contributed by atoms with Crippen LogP contribution in [-0.4, -0.2) is 0 Å². The van der Waals surface area contributed by atoms with Crippen molar-refractivity contribution in [1.29, 1.82) is 0 Å². The molecule has 17 aromatic rings. The second-order valence-electron chi connectivity index (χ2n) is 22.3. The molecule has 0 heteroatoms. The third-order valence-corrected chi connectivity index (χ3v) is 17.8. The quantitative estimate of drug-likeness (QED) is 0.133. The maximum atomic E-state index is 2.37. The smallest absolute Gasteiger partial charge is 0.00203 e. The molecule has 17 rings (SSSR count). The molecule has 0 radical (unpaired) electrons. The molecular formula is C82H50. The highest BCUT2D eigenvalue weighted by atomic mass is 14.2. The van der Waals surface area contributed by atoms with Crippen molar-refractivity contribution in [2.45, 2.75) is 0 Å². The summed E-state index contributed by atoms with van der Waals surface area (Å²) in [6, 6.07) is 113. The van der Waals surface area contributed by atoms with Crippen LogP contribution in [0, 0.1) is 0 Å². The lowest BCUT2D eigenvalue weighted by Gasteiger charge is -2.17. The molecule has 0 fully saturated rings. The maximum absolute atomic E-state index is 2.37. The summed E-state index contributed by atoms with van der Waals surface area (Å²) in [5, 5.41) is 20.5. The van der Waals surface area contributed by atoms with Gasteiger partial charge < -0.3 is 0 Å². The molecule has 17 aromatic carbocycles. The van der Waals surface area contributed by atoms with Crippen LogP contribution in [0.25, 0.3) is 175 Å². The molecule has 0 aromatic heterocycles. The highest BCUT2D eigenvalue weighted by molar-refractivity contribution is 6.29. The molecule has 0 amide bonds. The zero-order chi connectivity index (χ0) is 53.8. The van der Waals surface area contributed by atoms with Crippen molar-refractivity contribution < 1.29 is 0 Å². The van der Waals surface area contributed by atoms with Crippen molar-refractivity contribution >= 4 is 86.2 Å². The van der Waals surface area contributed by atoms with E-state index in [0.717, 1.165) is 0 Å². The molecule has 0 spiro atoms. The summed E-state index contributed by atoms with van der Waals surface area (Å²) in [6.07, 6.45) is 0. The lowest BCUT2D eigenvalue weighted by molar-refractivity contribution is 1.58. The molecule has 0 aliphatic heterocycles. The Morgan fingerprint density at radius 2 is 0.366 bits per heavy atom. The molecule has 0 atom stereocenters. The molecule has 0 saturated carbocycles. The summed E-state index contributed by atoms with van der Waals surface area (Å²) in [4.78, 5) is 0. The lowest BCUT2D eigenvalue weighted by Crippen LogP contribution is -1.90. The van der Waals surface area contributed by atoms with E-state index in [1.807, 2.05) is 0 Å². The molecule has 0 aliphatic rings. The van der Waals surface area contributed by atoms with Crippen LogP contribution in [0.3, 0.4) is 0 Å². The highest BCUT2D eigenvalue weighted by Crippen LogP contribution is 2.46. The van der Waals surface area contributed by atoms with Gasteiger partial charge in [0, 0.05) is 0 Å². The molecule has 0 N–H and O–H groups in total. The Morgan fingerprint density at radius 1 is 0.122 bits per heavy atom. The van der Waals surface area contributed by atoms with Crippen LogP contribution < -0.4 is 0 Å². The number of fused-ring (bicyclic) bond motifs is 2. The zero-order valence-corrected chi connectivity index (χ0v) is 44.9. The van der Waals surface area contributed by atoms with E-state index < -0.39 is 0 Å². The topological polar surface area (TPSA) is 0 Å². The van der Waals surface area contributed by atoms with E-state index in [2.05, 4.69) is 303 Å². The monoisotopic (exact) mass is 1030 g/mol. The Hall–Kier alpha value is -10.7. The van der Waals surface area contributed by atoms with Gasteiger partial charge in [-0.3, -0.25) is 0 Å². The standard InChI is InChI=1S/C82H50/c1-3-9-63-47-67(29-23-51(63)7-1)55-19-25-57(26-20-55)71-39-31-59-37-45-77-73(41-33-61-35-43-75(71)79(59)81(61)77)69-13-5-11-65(49-69)53-15-17-54(18-16-53)66-12-6-14-70(50-66)74-42-34-62-36-44-76-72(40-32-60-38-46-78(74)82(62)80(60)76)58-27-21-56(22-28-58)68-30-24-52-8-2-4-10-64(52)48-68/h1-50H. The summed E-state index contributed by atoms with van der Waals surface area (Å²) >= 11 is 0. The zero-order valence-electron chi connectivity index (χ0n) is 44.9. The van der Waals surface area contributed by atoms with Crippen molar-refractivity contribution in [1.82, 2.24) is 0 Å². The molecule has 82 heavy (non-hydrogen) atoms. The van der Waals surface area contributed by atoms with Crippen molar-refractivity contribution in [2.24, 2.45) is 0 Å². The van der Waals surface area contributed by atoms with Crippen LogP contribution in [0.1, 0.15) is 0 Å². The summed E-state index contributed by atoms with van der Waals surface area (Å²) in [7, 11) is 0. The molecule has 0 saturated heterocycles. The van der Waals surface area contributed by atoms with Gasteiger partial charge in [-0.15, -0.1) is 0 Å². The van der Waals surface area contributed by atoms with Crippen LogP contribution in [0.5, 0.6) is 0 Å². The van der Waals surface area contributed by atoms with Crippen LogP contribution in [-0.2, 0) is 0 Å². The highest BCUT2D eigenvalue weighted by Gasteiger charge is 2.18. The molecule has 0 heterocycles. The minimum atomic E-state index is 1.20. The fourth-order valence-electron chi connectivity index (χ4n) is 13.6. The summed E-state index contributed by atoms with van der Waals surface area (Å²) in [5.41, 5.74) is 19.6. The van der Waals surface area contributed by atoms with E-state index in [0.29, 0.717) is 0 Å². The molecular weight excluding hydrogens is 985 g/mol. The third-order valence-electron chi connectivity index (χ3n) is 17.8. The average molecular weight is 1040 g/mol. The van der Waals surface area contributed by atoms with Gasteiger partial charge in [0.2, 0.25) is 0 Å². The van der Waals surface area contributed by atoms with Gasteiger partial charge in [0.25, 0.3) is 0 Å². The fraction of sp³-hybridized carbons (Fsp3) is 0. The normalized spacial score (nSPS) is 11.9. The Bertz CT molecular complexity index is 5010. The second kappa shape index (κ2) is 18.5. The summed E-state index contributed by atoms with van der Waals surface area (Å²) in [5.74, 6) is 0. The van der Waals surface area contributed by atoms with E-state index in [1.165, 1.54) is 175 Å². The first kappa shape index (κ1) is 46.3. The van der Waals surface area contributed by atoms with Crippen LogP contribution in [0.2, 0.25) is 0 Å². The van der Waals surface area contributed by atoms with E-state index >= 15 is 0 Å². The van der Waals surface area contributed by atoms with E-state index in [-0.39, 0.29) is 0 Å². The minimum absolute atomic E-state index is 1.20. The largest absolute Gasteiger partial charge is 0.0616 e. The Morgan fingerprint density at radius 3 is 0.707 bits per heavy atom. The SMILES string of the molecule is c1cc(-c2ccc(-c3cccc(-c4ccc5ccc6c(-c7ccc(-c8ccc9ccccc9c8)cc7)ccc7ccc4c5c76)c3)cc2)cc(-c2ccc3ccc4c(-c5ccc(-c6ccc7ccccc7c6)cc5)ccc5ccc2c3c54)c1. The van der Waals surface area contributed by atoms with Crippen molar-refractivity contribution in [3.63, 3.8) is 0 Å². The first-order chi connectivity index (χ1) is 40.6. The van der Waals surface area contributed by atoms with Crippen molar-refractivity contribution in [2.75, 3.05) is 0 Å². The fourth-order valence-corrected chi connectivity index (χ4v) is 13.6. The van der Waals surface area contributed by atoms with Gasteiger partial charge in [-0.05, 0) is 199 Å². The van der Waals surface area contributed by atoms with E-state index in [1.54, 1.807) is 0 Å². The molecule has 0 nitrogen and oxygen atoms in total.